The molecule has 1 fully saturated rings. The Morgan fingerprint density at radius 1 is 1.37 bits per heavy atom. The molecule has 0 heterocycles. The Morgan fingerprint density at radius 3 is 2.84 bits per heavy atom. The summed E-state index contributed by atoms with van der Waals surface area (Å²) in [6, 6.07) is 8.01. The quantitative estimate of drug-likeness (QED) is 0.715. The molecule has 19 heavy (non-hydrogen) atoms. The lowest BCUT2D eigenvalue weighted by Gasteiger charge is -2.26. The van der Waals surface area contributed by atoms with Crippen molar-refractivity contribution in [3.63, 3.8) is 0 Å². The Bertz CT molecular complexity index is 498. The van der Waals surface area contributed by atoms with E-state index in [1.54, 1.807) is 0 Å². The molecule has 0 saturated heterocycles. The summed E-state index contributed by atoms with van der Waals surface area (Å²) in [5.74, 6) is 5.85. The maximum atomic E-state index is 11.7. The zero-order valence-electron chi connectivity index (χ0n) is 10.9. The third-order valence-corrected chi connectivity index (χ3v) is 3.22. The fraction of sp³-hybridized carbons (Fsp3) is 0.400. The van der Waals surface area contributed by atoms with Gasteiger partial charge in [-0.3, -0.25) is 0 Å². The average Bonchev–Trinajstić information content (AvgIpc) is 2.39. The molecular weight excluding hydrogens is 238 g/mol. The molecule has 0 radical (unpaired) electrons. The molecule has 2 amide bonds. The number of rotatable bonds is 3. The number of nitrogens with two attached hydrogens (primary N) is 1. The van der Waals surface area contributed by atoms with Crippen molar-refractivity contribution in [3.8, 4) is 11.8 Å². The molecule has 1 aliphatic rings. The highest BCUT2D eigenvalue weighted by Crippen LogP contribution is 2.17. The number of urea groups is 1. The Hall–Kier alpha value is -1.99. The van der Waals surface area contributed by atoms with Crippen molar-refractivity contribution in [1.82, 2.24) is 10.6 Å². The van der Waals surface area contributed by atoms with Crippen molar-refractivity contribution in [3.05, 3.63) is 35.4 Å². The van der Waals surface area contributed by atoms with Crippen LogP contribution in [0.2, 0.25) is 0 Å². The molecule has 1 aromatic rings. The van der Waals surface area contributed by atoms with Crippen molar-refractivity contribution >= 4 is 6.03 Å². The maximum absolute atomic E-state index is 11.7. The average molecular weight is 257 g/mol. The summed E-state index contributed by atoms with van der Waals surface area (Å²) < 4.78 is 0. The first-order chi connectivity index (χ1) is 9.29. The summed E-state index contributed by atoms with van der Waals surface area (Å²) in [6.07, 6.45) is 3.39. The molecule has 4 N–H and O–H groups in total. The maximum Gasteiger partial charge on any atom is 0.315 e. The van der Waals surface area contributed by atoms with Crippen molar-refractivity contribution in [2.75, 3.05) is 6.54 Å². The van der Waals surface area contributed by atoms with Gasteiger partial charge in [-0.05, 0) is 30.9 Å². The first kappa shape index (κ1) is 13.4. The minimum Gasteiger partial charge on any atom is -0.335 e. The summed E-state index contributed by atoms with van der Waals surface area (Å²) in [5.41, 5.74) is 7.29. The van der Waals surface area contributed by atoms with Gasteiger partial charge in [-0.15, -0.1) is 0 Å². The molecule has 100 valence electrons. The second-order valence-corrected chi connectivity index (χ2v) is 4.62. The van der Waals surface area contributed by atoms with Gasteiger partial charge >= 0.3 is 6.03 Å². The van der Waals surface area contributed by atoms with E-state index in [9.17, 15) is 4.79 Å². The molecule has 0 spiro atoms. The zero-order valence-corrected chi connectivity index (χ0v) is 10.9. The normalized spacial score (nSPS) is 13.9. The Balaban J connectivity index is 1.89. The number of hydrogen-bond donors (Lipinski definition) is 3. The molecular formula is C15H19N3O. The highest BCUT2D eigenvalue weighted by atomic mass is 16.2. The molecule has 1 aliphatic carbocycles. The smallest absolute Gasteiger partial charge is 0.315 e. The first-order valence-electron chi connectivity index (χ1n) is 6.61. The fourth-order valence-electron chi connectivity index (χ4n) is 1.91. The van der Waals surface area contributed by atoms with Crippen LogP contribution in [0.1, 0.15) is 30.4 Å². The molecule has 0 aliphatic heterocycles. The standard InChI is InChI=1S/C15H19N3O/c16-10-4-7-12-5-1-2-6-13(12)11-17-15(19)18-14-8-3-9-14/h1-2,5-6,14H,3,8-11,16H2,(H2,17,18,19). The van der Waals surface area contributed by atoms with Crippen LogP contribution in [0.15, 0.2) is 24.3 Å². The highest BCUT2D eigenvalue weighted by molar-refractivity contribution is 5.74. The van der Waals surface area contributed by atoms with Gasteiger partial charge in [0.25, 0.3) is 0 Å². The van der Waals surface area contributed by atoms with Gasteiger partial charge in [0.05, 0.1) is 6.54 Å². The van der Waals surface area contributed by atoms with Crippen LogP contribution in [0.5, 0.6) is 0 Å². The van der Waals surface area contributed by atoms with Crippen LogP contribution in [0.4, 0.5) is 4.79 Å². The van der Waals surface area contributed by atoms with Crippen molar-refractivity contribution in [2.45, 2.75) is 31.8 Å². The SMILES string of the molecule is NCC#Cc1ccccc1CNC(=O)NC1CCC1. The second kappa shape index (κ2) is 6.81. The van der Waals surface area contributed by atoms with Crippen LogP contribution >= 0.6 is 0 Å². The minimum atomic E-state index is -0.105. The minimum absolute atomic E-state index is 0.105. The van der Waals surface area contributed by atoms with Gasteiger partial charge < -0.3 is 16.4 Å². The topological polar surface area (TPSA) is 67.1 Å². The lowest BCUT2D eigenvalue weighted by molar-refractivity contribution is 0.228. The van der Waals surface area contributed by atoms with Crippen molar-refractivity contribution < 1.29 is 4.79 Å². The van der Waals surface area contributed by atoms with E-state index in [-0.39, 0.29) is 6.03 Å². The van der Waals surface area contributed by atoms with Gasteiger partial charge in [0, 0.05) is 18.2 Å². The van der Waals surface area contributed by atoms with Crippen molar-refractivity contribution in [1.29, 1.82) is 0 Å². The van der Waals surface area contributed by atoms with E-state index in [2.05, 4.69) is 22.5 Å². The lowest BCUT2D eigenvalue weighted by Crippen LogP contribution is -2.44. The predicted molar refractivity (Wildman–Crippen MR) is 75.4 cm³/mol. The van der Waals surface area contributed by atoms with Gasteiger partial charge in [-0.25, -0.2) is 4.79 Å². The number of benzene rings is 1. The van der Waals surface area contributed by atoms with Crippen LogP contribution in [0.25, 0.3) is 0 Å². The third-order valence-electron chi connectivity index (χ3n) is 3.22. The fourth-order valence-corrected chi connectivity index (χ4v) is 1.91. The highest BCUT2D eigenvalue weighted by Gasteiger charge is 2.18. The van der Waals surface area contributed by atoms with Crippen molar-refractivity contribution in [2.24, 2.45) is 5.73 Å². The summed E-state index contributed by atoms with van der Waals surface area (Å²) in [5, 5.41) is 5.81. The van der Waals surface area contributed by atoms with Crippen LogP contribution in [0, 0.1) is 11.8 Å². The monoisotopic (exact) mass is 257 g/mol. The van der Waals surface area contributed by atoms with E-state index >= 15 is 0 Å². The van der Waals surface area contributed by atoms with E-state index in [1.165, 1.54) is 6.42 Å². The van der Waals surface area contributed by atoms with E-state index in [0.29, 0.717) is 19.1 Å². The van der Waals surface area contributed by atoms with E-state index in [1.807, 2.05) is 24.3 Å². The number of carbonyl (C=O) groups excluding carboxylic acids is 1. The van der Waals surface area contributed by atoms with Crippen LogP contribution in [-0.4, -0.2) is 18.6 Å². The molecule has 0 aromatic heterocycles. The summed E-state index contributed by atoms with van der Waals surface area (Å²) >= 11 is 0. The van der Waals surface area contributed by atoms with Gasteiger partial charge in [0.1, 0.15) is 0 Å². The number of amides is 2. The zero-order chi connectivity index (χ0) is 13.5. The van der Waals surface area contributed by atoms with Gasteiger partial charge in [0.2, 0.25) is 0 Å². The number of carbonyl (C=O) groups is 1. The molecule has 2 rings (SSSR count). The van der Waals surface area contributed by atoms with Gasteiger partial charge in [-0.2, -0.15) is 0 Å². The van der Waals surface area contributed by atoms with E-state index in [4.69, 9.17) is 5.73 Å². The Labute approximate surface area is 113 Å². The second-order valence-electron chi connectivity index (χ2n) is 4.62. The lowest BCUT2D eigenvalue weighted by atomic mass is 9.93. The molecule has 0 unspecified atom stereocenters. The Kier molecular flexibility index (Phi) is 4.82. The Morgan fingerprint density at radius 2 is 2.16 bits per heavy atom. The van der Waals surface area contributed by atoms with Crippen LogP contribution in [0.3, 0.4) is 0 Å². The predicted octanol–water partition coefficient (Wildman–Crippen LogP) is 1.35. The molecule has 0 bridgehead atoms. The summed E-state index contributed by atoms with van der Waals surface area (Å²) in [4.78, 5) is 11.7. The third kappa shape index (κ3) is 4.01. The first-order valence-corrected chi connectivity index (χ1v) is 6.61. The van der Waals surface area contributed by atoms with Gasteiger partial charge in [0.15, 0.2) is 0 Å². The molecule has 1 aromatic carbocycles. The molecule has 0 atom stereocenters. The number of hydrogen-bond acceptors (Lipinski definition) is 2. The van der Waals surface area contributed by atoms with E-state index < -0.39 is 0 Å². The van der Waals surface area contributed by atoms with Crippen LogP contribution < -0.4 is 16.4 Å². The molecule has 4 nitrogen and oxygen atoms in total. The van der Waals surface area contributed by atoms with Gasteiger partial charge in [-0.1, -0.05) is 30.0 Å². The summed E-state index contributed by atoms with van der Waals surface area (Å²) in [6.45, 7) is 0.817. The largest absolute Gasteiger partial charge is 0.335 e. The molecule has 4 heteroatoms. The van der Waals surface area contributed by atoms with Crippen LogP contribution in [-0.2, 0) is 6.54 Å². The summed E-state index contributed by atoms with van der Waals surface area (Å²) in [7, 11) is 0. The number of nitrogens with one attached hydrogen (secondary N) is 2. The molecule has 1 saturated carbocycles. The van der Waals surface area contributed by atoms with E-state index in [0.717, 1.165) is 24.0 Å².